The van der Waals surface area contributed by atoms with Crippen LogP contribution in [0.25, 0.3) is 0 Å². The Bertz CT molecular complexity index is 780. The molecule has 24 heavy (non-hydrogen) atoms. The number of fused-ring (bicyclic) bond motifs is 2. The van der Waals surface area contributed by atoms with Crippen molar-refractivity contribution < 1.29 is 9.59 Å². The fraction of sp³-hybridized carbons (Fsp3) is 0.333. The summed E-state index contributed by atoms with van der Waals surface area (Å²) in [6.45, 7) is 7.97. The summed E-state index contributed by atoms with van der Waals surface area (Å²) < 4.78 is 0. The van der Waals surface area contributed by atoms with Gasteiger partial charge in [0.15, 0.2) is 0 Å². The molecule has 1 N–H and O–H groups in total. The van der Waals surface area contributed by atoms with E-state index in [0.717, 1.165) is 23.7 Å². The van der Waals surface area contributed by atoms with Crippen LogP contribution in [0, 0.1) is 6.92 Å². The van der Waals surface area contributed by atoms with Crippen LogP contribution in [0.5, 0.6) is 0 Å². The number of rotatable bonds is 4. The molecule has 0 fully saturated rings. The molecule has 3 rings (SSSR count). The molecule has 2 aromatic rings. The molecule has 1 aliphatic rings. The molecule has 1 aromatic carbocycles. The quantitative estimate of drug-likeness (QED) is 0.922. The van der Waals surface area contributed by atoms with Crippen molar-refractivity contribution in [1.82, 2.24) is 4.90 Å². The summed E-state index contributed by atoms with van der Waals surface area (Å²) in [6, 6.07) is 7.45. The zero-order valence-electron chi connectivity index (χ0n) is 14.1. The number of nitrogens with zero attached hydrogens (tertiary/aromatic N) is 2. The van der Waals surface area contributed by atoms with Crippen LogP contribution in [0.1, 0.15) is 29.1 Å². The monoisotopic (exact) mass is 343 g/mol. The zero-order valence-corrected chi connectivity index (χ0v) is 14.9. The van der Waals surface area contributed by atoms with E-state index in [-0.39, 0.29) is 11.8 Å². The van der Waals surface area contributed by atoms with E-state index in [2.05, 4.69) is 10.2 Å². The molecule has 0 radical (unpaired) electrons. The molecule has 126 valence electrons. The van der Waals surface area contributed by atoms with E-state index < -0.39 is 0 Å². The van der Waals surface area contributed by atoms with Crippen molar-refractivity contribution >= 4 is 40.2 Å². The van der Waals surface area contributed by atoms with E-state index in [1.54, 1.807) is 4.90 Å². The molecule has 1 aliphatic heterocycles. The van der Waals surface area contributed by atoms with E-state index in [0.29, 0.717) is 23.5 Å². The lowest BCUT2D eigenvalue weighted by atomic mass is 10.2. The van der Waals surface area contributed by atoms with Gasteiger partial charge in [0.2, 0.25) is 5.91 Å². The van der Waals surface area contributed by atoms with Gasteiger partial charge in [-0.15, -0.1) is 11.3 Å². The van der Waals surface area contributed by atoms with Crippen molar-refractivity contribution in [1.29, 1.82) is 0 Å². The normalized spacial score (nSPS) is 13.3. The van der Waals surface area contributed by atoms with Crippen LogP contribution < -0.4 is 10.2 Å². The maximum atomic E-state index is 13.1. The minimum Gasteiger partial charge on any atom is -0.320 e. The summed E-state index contributed by atoms with van der Waals surface area (Å²) in [4.78, 5) is 30.4. The number of hydrogen-bond donors (Lipinski definition) is 1. The largest absolute Gasteiger partial charge is 0.320 e. The van der Waals surface area contributed by atoms with Gasteiger partial charge >= 0.3 is 0 Å². The Morgan fingerprint density at radius 2 is 1.96 bits per heavy atom. The number of anilines is 3. The number of aryl methyl sites for hydroxylation is 1. The van der Waals surface area contributed by atoms with Crippen molar-refractivity contribution in [2.24, 2.45) is 0 Å². The fourth-order valence-electron chi connectivity index (χ4n) is 2.94. The van der Waals surface area contributed by atoms with Crippen LogP contribution in [-0.2, 0) is 4.79 Å². The molecule has 0 spiro atoms. The molecule has 0 atom stereocenters. The predicted molar refractivity (Wildman–Crippen MR) is 98.4 cm³/mol. The van der Waals surface area contributed by atoms with Gasteiger partial charge < -0.3 is 5.32 Å². The molecule has 0 unspecified atom stereocenters. The summed E-state index contributed by atoms with van der Waals surface area (Å²) >= 11 is 1.49. The van der Waals surface area contributed by atoms with E-state index in [1.165, 1.54) is 11.3 Å². The Balaban J connectivity index is 2.12. The lowest BCUT2D eigenvalue weighted by Crippen LogP contribution is -2.38. The average molecular weight is 343 g/mol. The molecule has 2 amide bonds. The van der Waals surface area contributed by atoms with Crippen molar-refractivity contribution in [2.45, 2.75) is 20.8 Å². The van der Waals surface area contributed by atoms with Gasteiger partial charge in [0.1, 0.15) is 0 Å². The minimum atomic E-state index is -0.167. The molecular weight excluding hydrogens is 322 g/mol. The SMILES string of the molecule is CCN(CC)CC(=O)N1c2ccccc2NC(=O)c2csc(C)c21. The van der Waals surface area contributed by atoms with Crippen molar-refractivity contribution in [2.75, 3.05) is 29.9 Å². The average Bonchev–Trinajstić information content (AvgIpc) is 2.90. The highest BCUT2D eigenvalue weighted by Gasteiger charge is 2.32. The number of carbonyl (C=O) groups is 2. The topological polar surface area (TPSA) is 52.7 Å². The number of likely N-dealkylation sites (N-methyl/N-ethyl adjacent to an activating group) is 1. The van der Waals surface area contributed by atoms with Gasteiger partial charge in [0.25, 0.3) is 5.91 Å². The smallest absolute Gasteiger partial charge is 0.258 e. The number of para-hydroxylation sites is 2. The molecule has 0 saturated heterocycles. The highest BCUT2D eigenvalue weighted by atomic mass is 32.1. The first-order chi connectivity index (χ1) is 11.6. The standard InChI is InChI=1S/C18H21N3O2S/c1-4-20(5-2)10-16(22)21-15-9-7-6-8-14(15)19-18(23)13-11-24-12(3)17(13)21/h6-9,11H,4-5,10H2,1-3H3,(H,19,23). The van der Waals surface area contributed by atoms with Crippen LogP contribution in [0.2, 0.25) is 0 Å². The first-order valence-corrected chi connectivity index (χ1v) is 8.98. The van der Waals surface area contributed by atoms with Gasteiger partial charge in [-0.25, -0.2) is 0 Å². The number of carbonyl (C=O) groups excluding carboxylic acids is 2. The lowest BCUT2D eigenvalue weighted by molar-refractivity contribution is -0.119. The Morgan fingerprint density at radius 3 is 2.67 bits per heavy atom. The summed E-state index contributed by atoms with van der Waals surface area (Å²) in [5.41, 5.74) is 2.65. The summed E-state index contributed by atoms with van der Waals surface area (Å²) in [7, 11) is 0. The fourth-order valence-corrected chi connectivity index (χ4v) is 3.77. The molecule has 5 nitrogen and oxygen atoms in total. The van der Waals surface area contributed by atoms with Crippen LogP contribution in [0.3, 0.4) is 0 Å². The molecule has 1 aromatic heterocycles. The van der Waals surface area contributed by atoms with Crippen LogP contribution in [-0.4, -0.2) is 36.3 Å². The second-order valence-electron chi connectivity index (χ2n) is 5.72. The second kappa shape index (κ2) is 6.75. The van der Waals surface area contributed by atoms with E-state index in [1.807, 2.05) is 50.4 Å². The first kappa shape index (κ1) is 16.7. The Hall–Kier alpha value is -2.18. The molecule has 0 aliphatic carbocycles. The molecule has 0 bridgehead atoms. The number of amides is 2. The maximum Gasteiger partial charge on any atom is 0.258 e. The van der Waals surface area contributed by atoms with Gasteiger partial charge in [0.05, 0.1) is 29.2 Å². The number of hydrogen-bond acceptors (Lipinski definition) is 4. The number of thiophene rings is 1. The van der Waals surface area contributed by atoms with Gasteiger partial charge in [-0.1, -0.05) is 26.0 Å². The van der Waals surface area contributed by atoms with Crippen LogP contribution in [0.4, 0.5) is 17.1 Å². The molecule has 0 saturated carbocycles. The van der Waals surface area contributed by atoms with Crippen molar-refractivity contribution in [3.05, 3.63) is 40.1 Å². The summed E-state index contributed by atoms with van der Waals surface area (Å²) in [6.07, 6.45) is 0. The predicted octanol–water partition coefficient (Wildman–Crippen LogP) is 3.63. The van der Waals surface area contributed by atoms with Gasteiger partial charge in [-0.05, 0) is 32.1 Å². The highest BCUT2D eigenvalue weighted by molar-refractivity contribution is 7.11. The number of nitrogens with one attached hydrogen (secondary N) is 1. The van der Waals surface area contributed by atoms with E-state index >= 15 is 0 Å². The third-order valence-corrected chi connectivity index (χ3v) is 5.21. The zero-order chi connectivity index (χ0) is 17.3. The third-order valence-electron chi connectivity index (χ3n) is 4.31. The maximum absolute atomic E-state index is 13.1. The van der Waals surface area contributed by atoms with E-state index in [9.17, 15) is 9.59 Å². The minimum absolute atomic E-state index is 0.0228. The van der Waals surface area contributed by atoms with Crippen molar-refractivity contribution in [3.8, 4) is 0 Å². The Labute approximate surface area is 145 Å². The van der Waals surface area contributed by atoms with E-state index in [4.69, 9.17) is 0 Å². The van der Waals surface area contributed by atoms with Crippen LogP contribution in [0.15, 0.2) is 29.6 Å². The second-order valence-corrected chi connectivity index (χ2v) is 6.80. The molecule has 2 heterocycles. The molecular formula is C18H21N3O2S. The molecule has 6 heteroatoms. The van der Waals surface area contributed by atoms with Gasteiger partial charge in [-0.3, -0.25) is 19.4 Å². The first-order valence-electron chi connectivity index (χ1n) is 8.10. The van der Waals surface area contributed by atoms with Crippen molar-refractivity contribution in [3.63, 3.8) is 0 Å². The number of benzene rings is 1. The Kier molecular flexibility index (Phi) is 4.69. The lowest BCUT2D eigenvalue weighted by Gasteiger charge is -2.27. The summed E-state index contributed by atoms with van der Waals surface area (Å²) in [5, 5.41) is 4.74. The summed E-state index contributed by atoms with van der Waals surface area (Å²) in [5.74, 6) is -0.190. The van der Waals surface area contributed by atoms with Crippen LogP contribution >= 0.6 is 11.3 Å². The third kappa shape index (κ3) is 2.83. The van der Waals surface area contributed by atoms with Gasteiger partial charge in [-0.2, -0.15) is 0 Å². The Morgan fingerprint density at radius 1 is 1.25 bits per heavy atom. The van der Waals surface area contributed by atoms with Gasteiger partial charge in [0, 0.05) is 10.3 Å². The highest BCUT2D eigenvalue weighted by Crippen LogP contribution is 2.42.